The highest BCUT2D eigenvalue weighted by atomic mass is 16.6. The Kier molecular flexibility index (Phi) is 2.66. The van der Waals surface area contributed by atoms with Crippen molar-refractivity contribution in [1.29, 1.82) is 0 Å². The van der Waals surface area contributed by atoms with Crippen molar-refractivity contribution in [2.24, 2.45) is 0 Å². The molecule has 3 atom stereocenters. The summed E-state index contributed by atoms with van der Waals surface area (Å²) >= 11 is 0. The number of hydrogen-bond acceptors (Lipinski definition) is 5. The predicted molar refractivity (Wildman–Crippen MR) is 62.5 cm³/mol. The highest BCUT2D eigenvalue weighted by Crippen LogP contribution is 2.29. The van der Waals surface area contributed by atoms with Gasteiger partial charge in [-0.15, -0.1) is 0 Å². The van der Waals surface area contributed by atoms with Gasteiger partial charge in [-0.2, -0.15) is 0 Å². The molecule has 0 radical (unpaired) electrons. The Morgan fingerprint density at radius 1 is 1.72 bits per heavy atom. The van der Waals surface area contributed by atoms with Crippen molar-refractivity contribution >= 4 is 0 Å². The molecule has 1 aromatic rings. The van der Waals surface area contributed by atoms with Crippen LogP contribution in [0.5, 0.6) is 0 Å². The summed E-state index contributed by atoms with van der Waals surface area (Å²) in [5.74, 6) is 0. The van der Waals surface area contributed by atoms with Crippen molar-refractivity contribution in [1.82, 2.24) is 9.55 Å². The van der Waals surface area contributed by atoms with Crippen LogP contribution in [0.15, 0.2) is 15.8 Å². The quantitative estimate of drug-likeness (QED) is 0.736. The summed E-state index contributed by atoms with van der Waals surface area (Å²) < 4.78 is 33.5. The predicted octanol–water partition coefficient (Wildman–Crippen LogP) is -0.860. The molecule has 2 rings (SSSR count). The summed E-state index contributed by atoms with van der Waals surface area (Å²) in [6, 6.07) is 0. The second kappa shape index (κ2) is 5.05. The van der Waals surface area contributed by atoms with Gasteiger partial charge in [-0.1, -0.05) is 0 Å². The lowest BCUT2D eigenvalue weighted by Crippen LogP contribution is -2.33. The first-order valence-electron chi connectivity index (χ1n) is 6.93. The fraction of sp³-hybridized carbons (Fsp3) is 0.636. The van der Waals surface area contributed by atoms with E-state index < -0.39 is 42.1 Å². The third-order valence-electron chi connectivity index (χ3n) is 2.94. The van der Waals surface area contributed by atoms with Crippen molar-refractivity contribution in [2.75, 3.05) is 13.7 Å². The topological polar surface area (TPSA) is 93.6 Å². The standard InChI is InChI=1S/C11H16N2O5/c1-6-4-13(11(16)12-10(6)15)9-3-7(17-2)8(5-14)18-9/h4,7-9,14H,3,5H2,1-2H3,(H,12,15,16)/t7-,8+,9+/m0/s1/i1D3. The molecule has 100 valence electrons. The van der Waals surface area contributed by atoms with E-state index in [1.165, 1.54) is 7.11 Å². The van der Waals surface area contributed by atoms with E-state index in [-0.39, 0.29) is 13.0 Å². The first kappa shape index (κ1) is 9.48. The van der Waals surface area contributed by atoms with Gasteiger partial charge in [0.2, 0.25) is 0 Å². The van der Waals surface area contributed by atoms with Gasteiger partial charge >= 0.3 is 5.69 Å². The number of H-pyrrole nitrogens is 1. The number of aliphatic hydroxyl groups is 1. The van der Waals surface area contributed by atoms with Crippen LogP contribution in [0.3, 0.4) is 0 Å². The summed E-state index contributed by atoms with van der Waals surface area (Å²) in [7, 11) is 1.45. The summed E-state index contributed by atoms with van der Waals surface area (Å²) in [4.78, 5) is 25.4. The van der Waals surface area contributed by atoms with E-state index in [1.54, 1.807) is 0 Å². The van der Waals surface area contributed by atoms with Crippen LogP contribution in [0.1, 0.15) is 22.3 Å². The van der Waals surface area contributed by atoms with Gasteiger partial charge in [0.15, 0.2) is 0 Å². The Hall–Kier alpha value is -1.44. The molecule has 2 heterocycles. The third kappa shape index (κ3) is 2.24. The molecule has 0 bridgehead atoms. The van der Waals surface area contributed by atoms with Gasteiger partial charge < -0.3 is 14.6 Å². The summed E-state index contributed by atoms with van der Waals surface area (Å²) in [5.41, 5.74) is -2.21. The van der Waals surface area contributed by atoms with E-state index in [0.29, 0.717) is 0 Å². The number of aryl methyl sites for hydroxylation is 1. The molecule has 0 amide bonds. The molecule has 1 aliphatic rings. The SMILES string of the molecule is [2H]C([2H])([2H])c1cn([C@H]2C[C@H](OC)[C@@H](CO)O2)c(=O)[nH]c1=O. The lowest BCUT2D eigenvalue weighted by Gasteiger charge is -2.14. The maximum Gasteiger partial charge on any atom is 0.330 e. The summed E-state index contributed by atoms with van der Waals surface area (Å²) in [6.45, 7) is -2.93. The molecule has 0 saturated carbocycles. The fourth-order valence-electron chi connectivity index (χ4n) is 1.98. The van der Waals surface area contributed by atoms with Crippen molar-refractivity contribution in [3.05, 3.63) is 32.6 Å². The van der Waals surface area contributed by atoms with Crippen molar-refractivity contribution in [2.45, 2.75) is 31.7 Å². The number of hydrogen-bond donors (Lipinski definition) is 2. The lowest BCUT2D eigenvalue weighted by molar-refractivity contribution is -0.0535. The number of aliphatic hydroxyl groups excluding tert-OH is 1. The number of ether oxygens (including phenoxy) is 2. The minimum absolute atomic E-state index is 0.258. The number of methoxy groups -OCH3 is 1. The van der Waals surface area contributed by atoms with Crippen LogP contribution >= 0.6 is 0 Å². The maximum absolute atomic E-state index is 11.8. The second-order valence-corrected chi connectivity index (χ2v) is 4.03. The first-order valence-corrected chi connectivity index (χ1v) is 5.43. The Morgan fingerprint density at radius 3 is 3.06 bits per heavy atom. The molecule has 1 fully saturated rings. The van der Waals surface area contributed by atoms with Gasteiger partial charge in [0.05, 0.1) is 12.7 Å². The van der Waals surface area contributed by atoms with Crippen LogP contribution < -0.4 is 11.2 Å². The van der Waals surface area contributed by atoms with E-state index >= 15 is 0 Å². The fourth-order valence-corrected chi connectivity index (χ4v) is 1.98. The van der Waals surface area contributed by atoms with Crippen molar-refractivity contribution in [3.63, 3.8) is 0 Å². The smallest absolute Gasteiger partial charge is 0.330 e. The number of aromatic amines is 1. The largest absolute Gasteiger partial charge is 0.394 e. The zero-order valence-electron chi connectivity index (χ0n) is 12.8. The second-order valence-electron chi connectivity index (χ2n) is 4.03. The van der Waals surface area contributed by atoms with Gasteiger partial charge in [-0.25, -0.2) is 4.79 Å². The van der Waals surface area contributed by atoms with E-state index in [2.05, 4.69) is 0 Å². The minimum Gasteiger partial charge on any atom is -0.394 e. The molecule has 7 heteroatoms. The Labute approximate surface area is 107 Å². The number of rotatable bonds is 3. The molecule has 1 aliphatic heterocycles. The van der Waals surface area contributed by atoms with Crippen molar-refractivity contribution < 1.29 is 18.7 Å². The van der Waals surface area contributed by atoms with Gasteiger partial charge in [0.1, 0.15) is 12.3 Å². The molecule has 1 aromatic heterocycles. The minimum atomic E-state index is -2.64. The first-order chi connectivity index (χ1) is 9.77. The number of nitrogens with zero attached hydrogens (tertiary/aromatic N) is 1. The van der Waals surface area contributed by atoms with Crippen molar-refractivity contribution in [3.8, 4) is 0 Å². The van der Waals surface area contributed by atoms with Crippen LogP contribution in [0.4, 0.5) is 0 Å². The molecule has 0 aromatic carbocycles. The normalized spacial score (nSPS) is 30.8. The van der Waals surface area contributed by atoms with Crippen LogP contribution in [0.25, 0.3) is 0 Å². The van der Waals surface area contributed by atoms with Gasteiger partial charge in [-0.05, 0) is 6.85 Å². The third-order valence-corrected chi connectivity index (χ3v) is 2.94. The molecule has 0 unspecified atom stereocenters. The van der Waals surface area contributed by atoms with Crippen LogP contribution in [-0.4, -0.2) is 40.6 Å². The average Bonchev–Trinajstić information content (AvgIpc) is 2.80. The molecular formula is C11H16N2O5. The van der Waals surface area contributed by atoms with E-state index in [0.717, 1.165) is 10.8 Å². The molecule has 2 N–H and O–H groups in total. The molecule has 0 aliphatic carbocycles. The molecular weight excluding hydrogens is 240 g/mol. The summed E-state index contributed by atoms with van der Waals surface area (Å²) in [5, 5.41) is 9.19. The van der Waals surface area contributed by atoms with Crippen LogP contribution in [0, 0.1) is 6.85 Å². The van der Waals surface area contributed by atoms with Crippen LogP contribution in [0.2, 0.25) is 0 Å². The number of aromatic nitrogens is 2. The number of nitrogens with one attached hydrogen (secondary N) is 1. The van der Waals surface area contributed by atoms with Crippen LogP contribution in [-0.2, 0) is 9.47 Å². The highest BCUT2D eigenvalue weighted by Gasteiger charge is 2.36. The monoisotopic (exact) mass is 259 g/mol. The zero-order chi connectivity index (χ0) is 15.8. The van der Waals surface area contributed by atoms with E-state index in [9.17, 15) is 14.7 Å². The van der Waals surface area contributed by atoms with E-state index in [1.807, 2.05) is 4.98 Å². The molecule has 7 nitrogen and oxygen atoms in total. The molecule has 0 spiro atoms. The average molecular weight is 259 g/mol. The molecule has 1 saturated heterocycles. The highest BCUT2D eigenvalue weighted by molar-refractivity contribution is 5.02. The van der Waals surface area contributed by atoms with Gasteiger partial charge in [-0.3, -0.25) is 14.3 Å². The Bertz CT molecular complexity index is 612. The van der Waals surface area contributed by atoms with E-state index in [4.69, 9.17) is 13.6 Å². The van der Waals surface area contributed by atoms with Gasteiger partial charge in [0, 0.05) is 29.4 Å². The Balaban J connectivity index is 2.42. The Morgan fingerprint density at radius 2 is 2.50 bits per heavy atom. The maximum atomic E-state index is 11.8. The lowest BCUT2D eigenvalue weighted by atomic mass is 10.2. The van der Waals surface area contributed by atoms with Gasteiger partial charge in [0.25, 0.3) is 5.56 Å². The summed E-state index contributed by atoms with van der Waals surface area (Å²) in [6.07, 6.45) is -0.609. The molecule has 18 heavy (non-hydrogen) atoms. The zero-order valence-corrected chi connectivity index (χ0v) is 9.75.